The van der Waals surface area contributed by atoms with Crippen LogP contribution in [0.1, 0.15) is 6.92 Å². The van der Waals surface area contributed by atoms with E-state index in [1.807, 2.05) is 0 Å². The molecular formula is C16H13F2NO3. The summed E-state index contributed by atoms with van der Waals surface area (Å²) in [5.74, 6) is -1.47. The molecular weight excluding hydrogens is 292 g/mol. The van der Waals surface area contributed by atoms with Crippen LogP contribution in [-0.2, 0) is 4.79 Å². The maximum absolute atomic E-state index is 13.2. The van der Waals surface area contributed by atoms with Crippen LogP contribution in [0.2, 0.25) is 0 Å². The van der Waals surface area contributed by atoms with Gasteiger partial charge < -0.3 is 14.8 Å². The number of carbonyl (C=O) groups excluding carboxylic acids is 1. The fraction of sp³-hybridized carbons (Fsp3) is 0.188. The van der Waals surface area contributed by atoms with Gasteiger partial charge in [0.15, 0.2) is 23.1 Å². The van der Waals surface area contributed by atoms with Crippen molar-refractivity contribution in [3.05, 3.63) is 54.1 Å². The van der Waals surface area contributed by atoms with Crippen molar-refractivity contribution in [2.75, 3.05) is 5.32 Å². The number of anilines is 1. The van der Waals surface area contributed by atoms with Crippen molar-refractivity contribution in [1.82, 2.24) is 0 Å². The third kappa shape index (κ3) is 2.72. The molecule has 0 radical (unpaired) electrons. The molecule has 0 spiro atoms. The Labute approximate surface area is 125 Å². The van der Waals surface area contributed by atoms with Gasteiger partial charge in [0.2, 0.25) is 6.10 Å². The normalized spacial score (nSPS) is 19.6. The highest BCUT2D eigenvalue weighted by atomic mass is 19.2. The van der Waals surface area contributed by atoms with Crippen LogP contribution in [-0.4, -0.2) is 18.1 Å². The quantitative estimate of drug-likeness (QED) is 0.927. The highest BCUT2D eigenvalue weighted by Crippen LogP contribution is 2.33. The first-order valence-corrected chi connectivity index (χ1v) is 6.73. The van der Waals surface area contributed by atoms with Gasteiger partial charge in [-0.3, -0.25) is 4.79 Å². The molecule has 114 valence electrons. The zero-order chi connectivity index (χ0) is 15.7. The van der Waals surface area contributed by atoms with E-state index in [4.69, 9.17) is 9.47 Å². The minimum Gasteiger partial charge on any atom is -0.482 e. The number of carbonyl (C=O) groups is 1. The topological polar surface area (TPSA) is 47.6 Å². The molecule has 0 fully saturated rings. The summed E-state index contributed by atoms with van der Waals surface area (Å²) in [5, 5.41) is 2.49. The average Bonchev–Trinajstić information content (AvgIpc) is 2.50. The lowest BCUT2D eigenvalue weighted by atomic mass is 10.1. The summed E-state index contributed by atoms with van der Waals surface area (Å²) in [7, 11) is 0. The van der Waals surface area contributed by atoms with Gasteiger partial charge in [0, 0.05) is 11.8 Å². The van der Waals surface area contributed by atoms with Crippen molar-refractivity contribution in [3.8, 4) is 11.5 Å². The molecule has 0 unspecified atom stereocenters. The van der Waals surface area contributed by atoms with Crippen molar-refractivity contribution in [2.24, 2.45) is 0 Å². The molecule has 4 nitrogen and oxygen atoms in total. The molecule has 0 aromatic heterocycles. The van der Waals surface area contributed by atoms with E-state index in [-0.39, 0.29) is 5.69 Å². The Morgan fingerprint density at radius 2 is 1.73 bits per heavy atom. The smallest absolute Gasteiger partial charge is 0.269 e. The predicted octanol–water partition coefficient (Wildman–Crippen LogP) is 3.13. The molecule has 0 aliphatic carbocycles. The predicted molar refractivity (Wildman–Crippen MR) is 75.9 cm³/mol. The number of rotatable bonds is 2. The van der Waals surface area contributed by atoms with Crippen molar-refractivity contribution < 1.29 is 23.0 Å². The van der Waals surface area contributed by atoms with Gasteiger partial charge in [-0.2, -0.15) is 0 Å². The maximum Gasteiger partial charge on any atom is 0.269 e. The summed E-state index contributed by atoms with van der Waals surface area (Å²) in [6.07, 6.45) is -1.40. The molecule has 3 rings (SSSR count). The van der Waals surface area contributed by atoms with Crippen molar-refractivity contribution in [1.29, 1.82) is 0 Å². The Kier molecular flexibility index (Phi) is 3.66. The van der Waals surface area contributed by atoms with E-state index in [0.717, 1.165) is 12.1 Å². The van der Waals surface area contributed by atoms with E-state index >= 15 is 0 Å². The zero-order valence-electron chi connectivity index (χ0n) is 11.7. The first-order valence-electron chi connectivity index (χ1n) is 6.73. The lowest BCUT2D eigenvalue weighted by Gasteiger charge is -2.31. The monoisotopic (exact) mass is 305 g/mol. The Balaban J connectivity index is 1.76. The molecule has 1 aliphatic heterocycles. The van der Waals surface area contributed by atoms with E-state index in [0.29, 0.717) is 11.5 Å². The van der Waals surface area contributed by atoms with E-state index in [1.165, 1.54) is 6.07 Å². The van der Waals surface area contributed by atoms with Crippen molar-refractivity contribution in [3.63, 3.8) is 0 Å². The lowest BCUT2D eigenvalue weighted by molar-refractivity contribution is -0.128. The molecule has 1 N–H and O–H groups in total. The third-order valence-electron chi connectivity index (χ3n) is 3.29. The number of halogens is 2. The maximum atomic E-state index is 13.2. The first-order chi connectivity index (χ1) is 10.5. The van der Waals surface area contributed by atoms with Crippen LogP contribution in [0.4, 0.5) is 14.5 Å². The van der Waals surface area contributed by atoms with Crippen LogP contribution in [0.15, 0.2) is 42.5 Å². The molecule has 2 atom stereocenters. The van der Waals surface area contributed by atoms with Crippen LogP contribution in [0.5, 0.6) is 11.5 Å². The number of para-hydroxylation sites is 2. The van der Waals surface area contributed by atoms with Gasteiger partial charge in [0.25, 0.3) is 5.91 Å². The van der Waals surface area contributed by atoms with Gasteiger partial charge in [-0.15, -0.1) is 0 Å². The number of hydrogen-bond donors (Lipinski definition) is 1. The SMILES string of the molecule is C[C@@H]1Oc2ccccc2O[C@@H]1C(=O)Nc1ccc(F)c(F)c1. The van der Waals surface area contributed by atoms with Gasteiger partial charge in [-0.1, -0.05) is 12.1 Å². The Hall–Kier alpha value is -2.63. The van der Waals surface area contributed by atoms with Crippen molar-refractivity contribution in [2.45, 2.75) is 19.1 Å². The van der Waals surface area contributed by atoms with Gasteiger partial charge in [0.1, 0.15) is 6.10 Å². The minimum absolute atomic E-state index is 0.151. The van der Waals surface area contributed by atoms with E-state index in [9.17, 15) is 13.6 Å². The summed E-state index contributed by atoms with van der Waals surface area (Å²) in [5.41, 5.74) is 0.151. The number of hydrogen-bond acceptors (Lipinski definition) is 3. The Morgan fingerprint density at radius 1 is 1.05 bits per heavy atom. The van der Waals surface area contributed by atoms with E-state index in [2.05, 4.69) is 5.32 Å². The summed E-state index contributed by atoms with van der Waals surface area (Å²) < 4.78 is 37.3. The van der Waals surface area contributed by atoms with Crippen LogP contribution >= 0.6 is 0 Å². The number of benzene rings is 2. The number of fused-ring (bicyclic) bond motifs is 1. The second-order valence-electron chi connectivity index (χ2n) is 4.93. The van der Waals surface area contributed by atoms with Gasteiger partial charge in [-0.05, 0) is 31.2 Å². The van der Waals surface area contributed by atoms with Crippen LogP contribution in [0, 0.1) is 11.6 Å². The third-order valence-corrected chi connectivity index (χ3v) is 3.29. The zero-order valence-corrected chi connectivity index (χ0v) is 11.7. The first kappa shape index (κ1) is 14.3. The van der Waals surface area contributed by atoms with E-state index < -0.39 is 29.7 Å². The molecule has 6 heteroatoms. The second kappa shape index (κ2) is 5.63. The van der Waals surface area contributed by atoms with Crippen molar-refractivity contribution >= 4 is 11.6 Å². The molecule has 0 saturated carbocycles. The summed E-state index contributed by atoms with van der Waals surface area (Å²) in [6.45, 7) is 1.70. The van der Waals surface area contributed by atoms with Gasteiger partial charge in [0.05, 0.1) is 0 Å². The highest BCUT2D eigenvalue weighted by molar-refractivity contribution is 5.95. The van der Waals surface area contributed by atoms with Gasteiger partial charge in [-0.25, -0.2) is 8.78 Å². The minimum atomic E-state index is -1.03. The lowest BCUT2D eigenvalue weighted by Crippen LogP contribution is -2.46. The number of ether oxygens (including phenoxy) is 2. The summed E-state index contributed by atoms with van der Waals surface area (Å²) in [4.78, 5) is 12.3. The molecule has 1 heterocycles. The standard InChI is InChI=1S/C16H13F2NO3/c1-9-15(22-14-5-3-2-4-13(14)21-9)16(20)19-10-6-7-11(17)12(18)8-10/h2-9,15H,1H3,(H,19,20)/t9-,15-/m0/s1. The average molecular weight is 305 g/mol. The molecule has 0 bridgehead atoms. The van der Waals surface area contributed by atoms with Gasteiger partial charge >= 0.3 is 0 Å². The Bertz CT molecular complexity index is 720. The number of amides is 1. The molecule has 22 heavy (non-hydrogen) atoms. The van der Waals surface area contributed by atoms with Crippen LogP contribution < -0.4 is 14.8 Å². The molecule has 2 aromatic rings. The molecule has 0 saturated heterocycles. The molecule has 1 amide bonds. The highest BCUT2D eigenvalue weighted by Gasteiger charge is 2.34. The van der Waals surface area contributed by atoms with Crippen LogP contribution in [0.3, 0.4) is 0 Å². The summed E-state index contributed by atoms with van der Waals surface area (Å²) in [6, 6.07) is 10.1. The van der Waals surface area contributed by atoms with E-state index in [1.54, 1.807) is 31.2 Å². The number of nitrogens with one attached hydrogen (secondary N) is 1. The Morgan fingerprint density at radius 3 is 2.41 bits per heavy atom. The largest absolute Gasteiger partial charge is 0.482 e. The van der Waals surface area contributed by atoms with Crippen LogP contribution in [0.25, 0.3) is 0 Å². The second-order valence-corrected chi connectivity index (χ2v) is 4.93. The molecule has 1 aliphatic rings. The fourth-order valence-electron chi connectivity index (χ4n) is 2.19. The fourth-order valence-corrected chi connectivity index (χ4v) is 2.19. The summed E-state index contributed by atoms with van der Waals surface area (Å²) >= 11 is 0. The molecule has 2 aromatic carbocycles.